The molecule has 0 aliphatic carbocycles. The van der Waals surface area contributed by atoms with Gasteiger partial charge >= 0.3 is 0 Å². The Bertz CT molecular complexity index is 1330. The van der Waals surface area contributed by atoms with Crippen LogP contribution in [-0.2, 0) is 6.54 Å². The molecule has 1 fully saturated rings. The highest BCUT2D eigenvalue weighted by Gasteiger charge is 2.15. The third-order valence-corrected chi connectivity index (χ3v) is 6.14. The molecule has 31 heavy (non-hydrogen) atoms. The summed E-state index contributed by atoms with van der Waals surface area (Å²) in [5, 5.41) is 8.84. The van der Waals surface area contributed by atoms with Crippen LogP contribution in [0.5, 0.6) is 0 Å². The second-order valence-corrected chi connectivity index (χ2v) is 8.35. The van der Waals surface area contributed by atoms with Gasteiger partial charge < -0.3 is 4.98 Å². The van der Waals surface area contributed by atoms with Crippen LogP contribution in [0.1, 0.15) is 24.8 Å². The van der Waals surface area contributed by atoms with Crippen molar-refractivity contribution in [3.05, 3.63) is 66.5 Å². The molecule has 5 heterocycles. The van der Waals surface area contributed by atoms with Gasteiger partial charge in [-0.15, -0.1) is 0 Å². The van der Waals surface area contributed by atoms with Gasteiger partial charge in [-0.1, -0.05) is 24.6 Å². The molecule has 0 radical (unpaired) electrons. The Hall–Kier alpha value is -3.51. The summed E-state index contributed by atoms with van der Waals surface area (Å²) in [6.45, 7) is 3.31. The number of benzene rings is 1. The Morgan fingerprint density at radius 2 is 1.81 bits per heavy atom. The molecule has 0 unspecified atom stereocenters. The number of rotatable bonds is 4. The molecule has 6 rings (SSSR count). The minimum Gasteiger partial charge on any atom is -0.353 e. The number of pyridine rings is 2. The van der Waals surface area contributed by atoms with Gasteiger partial charge in [0.1, 0.15) is 11.2 Å². The van der Waals surface area contributed by atoms with Crippen molar-refractivity contribution in [2.24, 2.45) is 0 Å². The number of fused-ring (bicyclic) bond motifs is 2. The van der Waals surface area contributed by atoms with E-state index in [0.29, 0.717) is 0 Å². The van der Waals surface area contributed by atoms with E-state index in [-0.39, 0.29) is 0 Å². The van der Waals surface area contributed by atoms with E-state index in [1.807, 2.05) is 36.7 Å². The van der Waals surface area contributed by atoms with Crippen molar-refractivity contribution in [3.63, 3.8) is 0 Å². The number of aromatic nitrogens is 5. The van der Waals surface area contributed by atoms with Crippen molar-refractivity contribution in [1.82, 2.24) is 30.0 Å². The first-order valence-corrected chi connectivity index (χ1v) is 10.9. The molecule has 4 aromatic heterocycles. The van der Waals surface area contributed by atoms with Crippen LogP contribution in [0.2, 0.25) is 0 Å². The number of likely N-dealkylation sites (tertiary alicyclic amines) is 1. The number of para-hydroxylation sites is 1. The zero-order valence-electron chi connectivity index (χ0n) is 17.3. The minimum atomic E-state index is 0.838. The largest absolute Gasteiger partial charge is 0.353 e. The van der Waals surface area contributed by atoms with E-state index >= 15 is 0 Å². The van der Waals surface area contributed by atoms with Crippen molar-refractivity contribution in [2.75, 3.05) is 13.1 Å². The topological polar surface area (TPSA) is 73.5 Å². The van der Waals surface area contributed by atoms with Crippen LogP contribution in [-0.4, -0.2) is 43.1 Å². The summed E-state index contributed by atoms with van der Waals surface area (Å²) in [7, 11) is 0. The van der Waals surface area contributed by atoms with E-state index in [9.17, 15) is 0 Å². The van der Waals surface area contributed by atoms with Crippen LogP contribution in [0.25, 0.3) is 44.6 Å². The highest BCUT2D eigenvalue weighted by atomic mass is 15.1. The summed E-state index contributed by atoms with van der Waals surface area (Å²) in [4.78, 5) is 15.5. The first-order chi connectivity index (χ1) is 15.3. The second kappa shape index (κ2) is 7.63. The van der Waals surface area contributed by atoms with E-state index in [2.05, 4.69) is 49.3 Å². The summed E-state index contributed by atoms with van der Waals surface area (Å²) in [5.41, 5.74) is 7.89. The average Bonchev–Trinajstić information content (AvgIpc) is 3.43. The van der Waals surface area contributed by atoms with Crippen LogP contribution < -0.4 is 0 Å². The second-order valence-electron chi connectivity index (χ2n) is 8.35. The van der Waals surface area contributed by atoms with Crippen molar-refractivity contribution in [3.8, 4) is 22.6 Å². The lowest BCUT2D eigenvalue weighted by Gasteiger charge is -2.26. The summed E-state index contributed by atoms with van der Waals surface area (Å²) in [6, 6.07) is 16.7. The summed E-state index contributed by atoms with van der Waals surface area (Å²) in [5.74, 6) is 0. The molecule has 2 N–H and O–H groups in total. The van der Waals surface area contributed by atoms with Gasteiger partial charge in [-0.3, -0.25) is 15.0 Å². The Labute approximate surface area is 180 Å². The first-order valence-electron chi connectivity index (χ1n) is 10.9. The van der Waals surface area contributed by atoms with Gasteiger partial charge in [0.25, 0.3) is 0 Å². The molecule has 6 nitrogen and oxygen atoms in total. The fourth-order valence-electron chi connectivity index (χ4n) is 4.54. The van der Waals surface area contributed by atoms with E-state index in [1.165, 1.54) is 43.3 Å². The lowest BCUT2D eigenvalue weighted by Crippen LogP contribution is -2.29. The smallest absolute Gasteiger partial charge is 0.135 e. The van der Waals surface area contributed by atoms with Crippen molar-refractivity contribution >= 4 is 21.9 Å². The lowest BCUT2D eigenvalue weighted by molar-refractivity contribution is 0.220. The highest BCUT2D eigenvalue weighted by molar-refractivity contribution is 5.94. The molecule has 1 aliphatic rings. The van der Waals surface area contributed by atoms with Gasteiger partial charge in [-0.2, -0.15) is 5.10 Å². The highest BCUT2D eigenvalue weighted by Crippen LogP contribution is 2.29. The number of piperidine rings is 1. The number of aromatic amines is 2. The normalized spacial score (nSPS) is 15.1. The average molecular weight is 409 g/mol. The lowest BCUT2D eigenvalue weighted by atomic mass is 10.1. The molecular formula is C25H24N6. The van der Waals surface area contributed by atoms with Gasteiger partial charge in [0.15, 0.2) is 0 Å². The number of hydrogen-bond donors (Lipinski definition) is 2. The number of H-pyrrole nitrogens is 2. The molecule has 5 aromatic rings. The molecule has 0 saturated carbocycles. The molecule has 1 aromatic carbocycles. The Morgan fingerprint density at radius 1 is 0.903 bits per heavy atom. The molecule has 0 amide bonds. The van der Waals surface area contributed by atoms with Crippen molar-refractivity contribution in [2.45, 2.75) is 25.8 Å². The zero-order valence-corrected chi connectivity index (χ0v) is 17.3. The molecule has 0 bridgehead atoms. The van der Waals surface area contributed by atoms with Crippen LogP contribution >= 0.6 is 0 Å². The third kappa shape index (κ3) is 3.49. The van der Waals surface area contributed by atoms with Gasteiger partial charge in [-0.25, -0.2) is 4.98 Å². The fraction of sp³-hybridized carbons (Fsp3) is 0.240. The predicted octanol–water partition coefficient (Wildman–Crippen LogP) is 5.15. The standard InChI is InChI=1S/C25H24N6/c1-4-10-31(11-5-1)16-17-12-19(15-26-14-17)21-8-9-22-24(28-21)25(30-29-22)23-13-18-6-2-3-7-20(18)27-23/h2-3,6-9,12-15,27H,1,4-5,10-11,16H2,(H,29,30). The van der Waals surface area contributed by atoms with Crippen molar-refractivity contribution in [1.29, 1.82) is 0 Å². The van der Waals surface area contributed by atoms with E-state index < -0.39 is 0 Å². The van der Waals surface area contributed by atoms with E-state index in [1.54, 1.807) is 0 Å². The number of hydrogen-bond acceptors (Lipinski definition) is 4. The minimum absolute atomic E-state index is 0.838. The zero-order chi connectivity index (χ0) is 20.6. The van der Waals surface area contributed by atoms with Gasteiger partial charge in [0, 0.05) is 35.4 Å². The predicted molar refractivity (Wildman–Crippen MR) is 124 cm³/mol. The van der Waals surface area contributed by atoms with E-state index in [0.717, 1.165) is 45.7 Å². The molecular weight excluding hydrogens is 384 g/mol. The number of nitrogens with zero attached hydrogens (tertiary/aromatic N) is 4. The number of nitrogens with one attached hydrogen (secondary N) is 2. The monoisotopic (exact) mass is 408 g/mol. The first kappa shape index (κ1) is 18.3. The van der Waals surface area contributed by atoms with Gasteiger partial charge in [-0.05, 0) is 61.8 Å². The molecule has 0 atom stereocenters. The van der Waals surface area contributed by atoms with Crippen LogP contribution in [0.15, 0.2) is 60.9 Å². The van der Waals surface area contributed by atoms with Crippen LogP contribution in [0, 0.1) is 0 Å². The molecule has 154 valence electrons. The molecule has 1 aliphatic heterocycles. The summed E-state index contributed by atoms with van der Waals surface area (Å²) < 4.78 is 0. The summed E-state index contributed by atoms with van der Waals surface area (Å²) >= 11 is 0. The Kier molecular flexibility index (Phi) is 4.50. The maximum Gasteiger partial charge on any atom is 0.135 e. The fourth-order valence-corrected chi connectivity index (χ4v) is 4.54. The van der Waals surface area contributed by atoms with E-state index in [4.69, 9.17) is 4.98 Å². The van der Waals surface area contributed by atoms with Gasteiger partial charge in [0.05, 0.1) is 16.9 Å². The Morgan fingerprint density at radius 3 is 2.71 bits per heavy atom. The molecule has 0 spiro atoms. The molecule has 1 saturated heterocycles. The van der Waals surface area contributed by atoms with Crippen LogP contribution in [0.3, 0.4) is 0 Å². The maximum atomic E-state index is 4.97. The van der Waals surface area contributed by atoms with Gasteiger partial charge in [0.2, 0.25) is 0 Å². The van der Waals surface area contributed by atoms with Crippen LogP contribution in [0.4, 0.5) is 0 Å². The maximum absolute atomic E-state index is 4.97. The Balaban J connectivity index is 1.36. The van der Waals surface area contributed by atoms with Crippen molar-refractivity contribution < 1.29 is 0 Å². The quantitative estimate of drug-likeness (QED) is 0.431. The SMILES string of the molecule is c1ccc2[nH]c(-c3n[nH]c4ccc(-c5cncc(CN6CCCCC6)c5)nc34)cc2c1. The third-order valence-electron chi connectivity index (χ3n) is 6.14. The molecule has 6 heteroatoms. The summed E-state index contributed by atoms with van der Waals surface area (Å²) in [6.07, 6.45) is 7.81.